The van der Waals surface area contributed by atoms with Crippen LogP contribution in [0.15, 0.2) is 40.7 Å². The maximum atomic E-state index is 4.63. The molecule has 0 saturated carbocycles. The number of rotatable bonds is 4. The lowest BCUT2D eigenvalue weighted by Crippen LogP contribution is -2.15. The molecule has 0 aliphatic rings. The maximum absolute atomic E-state index is 4.63. The fourth-order valence-corrected chi connectivity index (χ4v) is 2.91. The Balaban J connectivity index is 2.08. The summed E-state index contributed by atoms with van der Waals surface area (Å²) in [6, 6.07) is 10.4. The van der Waals surface area contributed by atoms with Crippen LogP contribution in [0.5, 0.6) is 0 Å². The van der Waals surface area contributed by atoms with Gasteiger partial charge in [-0.1, -0.05) is 46.8 Å². The van der Waals surface area contributed by atoms with Crippen LogP contribution < -0.4 is 0 Å². The van der Waals surface area contributed by atoms with Crippen molar-refractivity contribution in [3.8, 4) is 0 Å². The fraction of sp³-hybridized carbons (Fsp3) is 0.444. The molecule has 0 spiro atoms. The van der Waals surface area contributed by atoms with Crippen molar-refractivity contribution < 1.29 is 0 Å². The molecule has 2 heterocycles. The Bertz CT molecular complexity index is 604. The average molecular weight is 300 g/mol. The Hall–Kier alpha value is -1.48. The van der Waals surface area contributed by atoms with Crippen LogP contribution in [-0.4, -0.2) is 11.2 Å². The highest BCUT2D eigenvalue weighted by Crippen LogP contribution is 2.30. The maximum Gasteiger partial charge on any atom is 0.151 e. The van der Waals surface area contributed by atoms with Gasteiger partial charge in [-0.15, -0.1) is 11.3 Å². The van der Waals surface area contributed by atoms with Gasteiger partial charge in [0.25, 0.3) is 0 Å². The minimum absolute atomic E-state index is 0.0573. The zero-order valence-electron chi connectivity index (χ0n) is 13.6. The predicted molar refractivity (Wildman–Crippen MR) is 93.1 cm³/mol. The highest BCUT2D eigenvalue weighted by molar-refractivity contribution is 7.10. The van der Waals surface area contributed by atoms with Gasteiger partial charge in [-0.3, -0.25) is 0 Å². The number of aromatic nitrogens is 1. The van der Waals surface area contributed by atoms with Crippen LogP contribution in [0.4, 0.5) is 5.82 Å². The Kier molecular flexibility index (Phi) is 4.62. The second kappa shape index (κ2) is 6.10. The smallest absolute Gasteiger partial charge is 0.151 e. The number of aliphatic imine (C=N–C) groups is 1. The lowest BCUT2D eigenvalue weighted by Gasteiger charge is -2.20. The van der Waals surface area contributed by atoms with Crippen molar-refractivity contribution in [2.75, 3.05) is 0 Å². The number of thiophene rings is 1. The van der Waals surface area contributed by atoms with E-state index in [0.29, 0.717) is 0 Å². The second-order valence-electron chi connectivity index (χ2n) is 7.01. The van der Waals surface area contributed by atoms with Gasteiger partial charge in [-0.05, 0) is 30.0 Å². The summed E-state index contributed by atoms with van der Waals surface area (Å²) >= 11 is 1.80. The predicted octanol–water partition coefficient (Wildman–Crippen LogP) is 5.51. The van der Waals surface area contributed by atoms with E-state index in [9.17, 15) is 0 Å². The highest BCUT2D eigenvalue weighted by Gasteiger charge is 2.20. The third kappa shape index (κ3) is 4.24. The topological polar surface area (TPSA) is 25.2 Å². The summed E-state index contributed by atoms with van der Waals surface area (Å²) in [6.45, 7) is 11.0. The lowest BCUT2D eigenvalue weighted by atomic mass is 9.88. The summed E-state index contributed by atoms with van der Waals surface area (Å²) in [5.41, 5.74) is 1.26. The first-order valence-electron chi connectivity index (χ1n) is 7.33. The van der Waals surface area contributed by atoms with E-state index in [1.807, 2.05) is 18.3 Å². The summed E-state index contributed by atoms with van der Waals surface area (Å²) in [5, 5.41) is 2.13. The van der Waals surface area contributed by atoms with E-state index in [1.54, 1.807) is 11.3 Å². The van der Waals surface area contributed by atoms with E-state index in [0.717, 1.165) is 17.9 Å². The van der Waals surface area contributed by atoms with E-state index < -0.39 is 0 Å². The Labute approximate surface area is 132 Å². The van der Waals surface area contributed by atoms with Crippen LogP contribution in [-0.2, 0) is 10.8 Å². The van der Waals surface area contributed by atoms with Gasteiger partial charge in [-0.2, -0.15) is 0 Å². The molecule has 0 aliphatic heterocycles. The summed E-state index contributed by atoms with van der Waals surface area (Å²) < 4.78 is 0. The van der Waals surface area contributed by atoms with Crippen molar-refractivity contribution in [3.05, 3.63) is 46.3 Å². The van der Waals surface area contributed by atoms with Gasteiger partial charge in [-0.25, -0.2) is 9.98 Å². The first-order valence-corrected chi connectivity index (χ1v) is 8.21. The molecule has 2 nitrogen and oxygen atoms in total. The van der Waals surface area contributed by atoms with E-state index in [2.05, 4.69) is 68.2 Å². The van der Waals surface area contributed by atoms with Gasteiger partial charge >= 0.3 is 0 Å². The molecule has 2 aromatic heterocycles. The third-order valence-corrected chi connectivity index (χ3v) is 4.75. The molecule has 0 bridgehead atoms. The largest absolute Gasteiger partial charge is 0.242 e. The third-order valence-electron chi connectivity index (χ3n) is 3.52. The normalized spacial score (nSPS) is 13.0. The van der Waals surface area contributed by atoms with Crippen molar-refractivity contribution in [2.24, 2.45) is 4.99 Å². The molecule has 0 saturated heterocycles. The number of nitrogens with zero attached hydrogens (tertiary/aromatic N) is 2. The molecule has 0 aliphatic carbocycles. The minimum Gasteiger partial charge on any atom is -0.242 e. The van der Waals surface area contributed by atoms with Crippen molar-refractivity contribution in [3.63, 3.8) is 0 Å². The molecule has 0 atom stereocenters. The fourth-order valence-electron chi connectivity index (χ4n) is 2.04. The molecule has 2 rings (SSSR count). The summed E-state index contributed by atoms with van der Waals surface area (Å²) in [7, 11) is 0. The lowest BCUT2D eigenvalue weighted by molar-refractivity contribution is 0.565. The molecule has 112 valence electrons. The molecule has 2 aromatic rings. The highest BCUT2D eigenvalue weighted by atomic mass is 32.1. The van der Waals surface area contributed by atoms with Crippen molar-refractivity contribution in [1.82, 2.24) is 4.98 Å². The zero-order chi connectivity index (χ0) is 15.5. The van der Waals surface area contributed by atoms with Crippen LogP contribution in [0, 0.1) is 0 Å². The molecule has 3 heteroatoms. The quantitative estimate of drug-likeness (QED) is 0.683. The van der Waals surface area contributed by atoms with Crippen molar-refractivity contribution >= 4 is 23.4 Å². The standard InChI is InChI=1S/C18H24N2S/c1-17(2,3)14-8-6-10-16(20-14)19-12-11-18(4,5)15-9-7-13-21-15/h6-10,12-13H,11H2,1-5H3. The van der Waals surface area contributed by atoms with E-state index in [4.69, 9.17) is 0 Å². The molecule has 0 radical (unpaired) electrons. The Morgan fingerprint density at radius 1 is 1.10 bits per heavy atom. The summed E-state index contributed by atoms with van der Waals surface area (Å²) in [4.78, 5) is 10.6. The van der Waals surface area contributed by atoms with Crippen LogP contribution in [0.25, 0.3) is 0 Å². The molecule has 0 unspecified atom stereocenters. The van der Waals surface area contributed by atoms with E-state index in [1.165, 1.54) is 4.88 Å². The first kappa shape index (κ1) is 15.9. The summed E-state index contributed by atoms with van der Waals surface area (Å²) in [5.74, 6) is 0.796. The minimum atomic E-state index is 0.0573. The van der Waals surface area contributed by atoms with Crippen molar-refractivity contribution in [2.45, 2.75) is 51.9 Å². The molecule has 0 fully saturated rings. The van der Waals surface area contributed by atoms with Crippen molar-refractivity contribution in [1.29, 1.82) is 0 Å². The Morgan fingerprint density at radius 3 is 2.48 bits per heavy atom. The Morgan fingerprint density at radius 2 is 1.86 bits per heavy atom. The number of hydrogen-bond donors (Lipinski definition) is 0. The molecular weight excluding hydrogens is 276 g/mol. The van der Waals surface area contributed by atoms with Crippen LogP contribution in [0.1, 0.15) is 51.6 Å². The molecule has 21 heavy (non-hydrogen) atoms. The molecule has 0 N–H and O–H groups in total. The summed E-state index contributed by atoms with van der Waals surface area (Å²) in [6.07, 6.45) is 2.91. The van der Waals surface area contributed by atoms with Gasteiger partial charge < -0.3 is 0 Å². The second-order valence-corrected chi connectivity index (χ2v) is 7.96. The van der Waals surface area contributed by atoms with Gasteiger partial charge in [0.05, 0.1) is 0 Å². The van der Waals surface area contributed by atoms with Crippen LogP contribution in [0.3, 0.4) is 0 Å². The zero-order valence-corrected chi connectivity index (χ0v) is 14.4. The first-order chi connectivity index (χ1) is 9.79. The van der Waals surface area contributed by atoms with E-state index >= 15 is 0 Å². The monoisotopic (exact) mass is 300 g/mol. The average Bonchev–Trinajstić information content (AvgIpc) is 2.92. The number of hydrogen-bond acceptors (Lipinski definition) is 3. The van der Waals surface area contributed by atoms with Gasteiger partial charge in [0.15, 0.2) is 5.82 Å². The molecule has 0 amide bonds. The SMILES string of the molecule is CC(C)(C)c1cccc(N=CCC(C)(C)c2cccs2)n1. The van der Waals surface area contributed by atoms with Gasteiger partial charge in [0, 0.05) is 27.6 Å². The number of pyridine rings is 1. The van der Waals surface area contributed by atoms with Crippen LogP contribution in [0.2, 0.25) is 0 Å². The molecular formula is C18H24N2S. The van der Waals surface area contributed by atoms with Crippen LogP contribution >= 0.6 is 11.3 Å². The van der Waals surface area contributed by atoms with Gasteiger partial charge in [0.1, 0.15) is 0 Å². The van der Waals surface area contributed by atoms with E-state index in [-0.39, 0.29) is 10.8 Å². The molecule has 0 aromatic carbocycles. The van der Waals surface area contributed by atoms with Gasteiger partial charge in [0.2, 0.25) is 0 Å².